The molecule has 0 atom stereocenters. The number of hydrogen-bond acceptors (Lipinski definition) is 6. The third kappa shape index (κ3) is 6.21. The van der Waals surface area contributed by atoms with E-state index in [1.54, 1.807) is 36.4 Å². The summed E-state index contributed by atoms with van der Waals surface area (Å²) in [6, 6.07) is 18.8. The van der Waals surface area contributed by atoms with Crippen molar-refractivity contribution in [2.75, 3.05) is 6.67 Å². The van der Waals surface area contributed by atoms with Crippen molar-refractivity contribution in [2.45, 2.75) is 38.5 Å². The third-order valence-corrected chi connectivity index (χ3v) is 8.19. The predicted octanol–water partition coefficient (Wildman–Crippen LogP) is 6.06. The van der Waals surface area contributed by atoms with Crippen LogP contribution in [0.25, 0.3) is 22.1 Å². The van der Waals surface area contributed by atoms with E-state index in [9.17, 15) is 28.0 Å². The standard InChI is InChI=1S/C30H27FN2O6S/c1-30(2,3)40(36,37)33-26(16-31)22-6-4-5-21(14-22)25-12-20(11-24-9-10-38-29(24)25)18-39-27-13-19(17-32)7-8-23(27)15-28(34)35/h4-14H,15-16,18H2,1-3H3,(H,34,35). The fourth-order valence-electron chi connectivity index (χ4n) is 3.97. The summed E-state index contributed by atoms with van der Waals surface area (Å²) in [7, 11) is -3.96. The van der Waals surface area contributed by atoms with Crippen LogP contribution in [0.5, 0.6) is 5.75 Å². The van der Waals surface area contributed by atoms with Gasteiger partial charge in [0.25, 0.3) is 10.0 Å². The SMILES string of the molecule is CC(C)(C)S(=O)(=O)N=C(CF)c1cccc(-c2cc(COc3cc(C#N)ccc3CC(=O)O)cc3ccoc23)c1. The van der Waals surface area contributed by atoms with Gasteiger partial charge in [0.1, 0.15) is 24.6 Å². The molecule has 10 heteroatoms. The Labute approximate surface area is 231 Å². The molecule has 0 aliphatic carbocycles. The maximum Gasteiger partial charge on any atom is 0.307 e. The highest BCUT2D eigenvalue weighted by atomic mass is 32.2. The van der Waals surface area contributed by atoms with Crippen LogP contribution in [-0.2, 0) is 27.8 Å². The molecule has 8 nitrogen and oxygen atoms in total. The molecule has 0 saturated heterocycles. The van der Waals surface area contributed by atoms with Crippen LogP contribution in [0.15, 0.2) is 75.7 Å². The lowest BCUT2D eigenvalue weighted by atomic mass is 9.98. The minimum absolute atomic E-state index is 0.0658. The second-order valence-electron chi connectivity index (χ2n) is 10.1. The molecule has 0 spiro atoms. The van der Waals surface area contributed by atoms with Gasteiger partial charge < -0.3 is 14.3 Å². The number of ether oxygens (including phenoxy) is 1. The molecular weight excluding hydrogens is 535 g/mol. The quantitative estimate of drug-likeness (QED) is 0.245. The molecule has 4 rings (SSSR count). The normalized spacial score (nSPS) is 12.3. The predicted molar refractivity (Wildman–Crippen MR) is 150 cm³/mol. The van der Waals surface area contributed by atoms with Gasteiger partial charge in [-0.3, -0.25) is 4.79 Å². The highest BCUT2D eigenvalue weighted by Crippen LogP contribution is 2.33. The molecule has 0 bridgehead atoms. The first kappa shape index (κ1) is 28.5. The number of aliphatic carboxylic acids is 1. The summed E-state index contributed by atoms with van der Waals surface area (Å²) in [6.45, 7) is 3.50. The van der Waals surface area contributed by atoms with Crippen LogP contribution < -0.4 is 4.74 Å². The lowest BCUT2D eigenvalue weighted by Crippen LogP contribution is -2.27. The van der Waals surface area contributed by atoms with Gasteiger partial charge in [-0.15, -0.1) is 0 Å². The molecular formula is C30H27FN2O6S. The third-order valence-electron chi connectivity index (χ3n) is 6.18. The molecule has 0 radical (unpaired) electrons. The zero-order chi connectivity index (χ0) is 29.1. The van der Waals surface area contributed by atoms with Crippen molar-refractivity contribution in [3.05, 3.63) is 89.2 Å². The molecule has 40 heavy (non-hydrogen) atoms. The molecule has 0 unspecified atom stereocenters. The van der Waals surface area contributed by atoms with Crippen LogP contribution in [0.2, 0.25) is 0 Å². The Kier molecular flexibility index (Phi) is 8.07. The Morgan fingerprint density at radius 3 is 2.58 bits per heavy atom. The van der Waals surface area contributed by atoms with Gasteiger partial charge in [0, 0.05) is 22.1 Å². The number of alkyl halides is 1. The van der Waals surface area contributed by atoms with Crippen LogP contribution in [0.3, 0.4) is 0 Å². The molecule has 3 aromatic carbocycles. The monoisotopic (exact) mass is 562 g/mol. The molecule has 4 aromatic rings. The van der Waals surface area contributed by atoms with Gasteiger partial charge in [0.15, 0.2) is 0 Å². The number of halogens is 1. The number of hydrogen-bond donors (Lipinski definition) is 1. The average molecular weight is 563 g/mol. The Bertz CT molecular complexity index is 1760. The van der Waals surface area contributed by atoms with Crippen LogP contribution in [0, 0.1) is 11.3 Å². The number of furan rings is 1. The summed E-state index contributed by atoms with van der Waals surface area (Å²) in [4.78, 5) is 11.3. The van der Waals surface area contributed by atoms with Gasteiger partial charge in [-0.2, -0.15) is 9.66 Å². The lowest BCUT2D eigenvalue weighted by molar-refractivity contribution is -0.136. The Morgan fingerprint density at radius 2 is 1.90 bits per heavy atom. The molecule has 206 valence electrons. The first-order chi connectivity index (χ1) is 18.9. The number of rotatable bonds is 9. The van der Waals surface area contributed by atoms with Crippen molar-refractivity contribution < 1.29 is 31.9 Å². The van der Waals surface area contributed by atoms with Gasteiger partial charge in [-0.25, -0.2) is 12.8 Å². The number of nitriles is 1. The molecule has 1 heterocycles. The first-order valence-electron chi connectivity index (χ1n) is 12.3. The fraction of sp³-hybridized carbons (Fsp3) is 0.233. The number of fused-ring (bicyclic) bond motifs is 1. The average Bonchev–Trinajstić information content (AvgIpc) is 3.38. The molecule has 0 fully saturated rings. The molecule has 0 aliphatic rings. The zero-order valence-corrected chi connectivity index (χ0v) is 23.0. The van der Waals surface area contributed by atoms with Crippen molar-refractivity contribution in [3.8, 4) is 22.9 Å². The number of benzene rings is 3. The summed E-state index contributed by atoms with van der Waals surface area (Å²) in [5, 5.41) is 19.3. The van der Waals surface area contributed by atoms with E-state index in [-0.39, 0.29) is 18.7 Å². The molecule has 0 saturated carbocycles. The van der Waals surface area contributed by atoms with Crippen molar-refractivity contribution in [2.24, 2.45) is 4.40 Å². The van der Waals surface area contributed by atoms with Gasteiger partial charge in [-0.05, 0) is 68.3 Å². The van der Waals surface area contributed by atoms with Gasteiger partial charge in [0.2, 0.25) is 0 Å². The van der Waals surface area contributed by atoms with Crippen molar-refractivity contribution in [1.29, 1.82) is 5.26 Å². The Balaban J connectivity index is 1.73. The highest BCUT2D eigenvalue weighted by Gasteiger charge is 2.29. The topological polar surface area (TPSA) is 130 Å². The highest BCUT2D eigenvalue weighted by molar-refractivity contribution is 7.91. The number of carboxylic acids is 1. The van der Waals surface area contributed by atoms with E-state index >= 15 is 0 Å². The maximum atomic E-state index is 14.0. The van der Waals surface area contributed by atoms with Gasteiger partial charge in [-0.1, -0.05) is 24.3 Å². The largest absolute Gasteiger partial charge is 0.489 e. The smallest absolute Gasteiger partial charge is 0.307 e. The van der Waals surface area contributed by atoms with Crippen LogP contribution in [0.4, 0.5) is 4.39 Å². The van der Waals surface area contributed by atoms with Gasteiger partial charge in [0.05, 0.1) is 34.8 Å². The second-order valence-corrected chi connectivity index (χ2v) is 12.5. The van der Waals surface area contributed by atoms with Crippen molar-refractivity contribution in [3.63, 3.8) is 0 Å². The van der Waals surface area contributed by atoms with E-state index in [0.29, 0.717) is 39.1 Å². The minimum atomic E-state index is -3.96. The van der Waals surface area contributed by atoms with E-state index in [2.05, 4.69) is 4.40 Å². The summed E-state index contributed by atoms with van der Waals surface area (Å²) >= 11 is 0. The maximum absolute atomic E-state index is 14.0. The second kappa shape index (κ2) is 11.3. The van der Waals surface area contributed by atoms with Crippen LogP contribution in [0.1, 0.15) is 43.0 Å². The van der Waals surface area contributed by atoms with E-state index in [1.165, 1.54) is 39.2 Å². The van der Waals surface area contributed by atoms with E-state index in [1.807, 2.05) is 18.2 Å². The molecule has 1 N–H and O–H groups in total. The number of carboxylic acid groups (broad SMARTS) is 1. The van der Waals surface area contributed by atoms with E-state index in [4.69, 9.17) is 9.15 Å². The van der Waals surface area contributed by atoms with Crippen LogP contribution >= 0.6 is 0 Å². The lowest BCUT2D eigenvalue weighted by Gasteiger charge is -2.16. The Morgan fingerprint density at radius 1 is 1.12 bits per heavy atom. The first-order valence-corrected chi connectivity index (χ1v) is 13.7. The van der Waals surface area contributed by atoms with Crippen molar-refractivity contribution in [1.82, 2.24) is 0 Å². The van der Waals surface area contributed by atoms with E-state index < -0.39 is 27.4 Å². The molecule has 0 aliphatic heterocycles. The number of sulfonamides is 1. The minimum Gasteiger partial charge on any atom is -0.489 e. The molecule has 1 aromatic heterocycles. The summed E-state index contributed by atoms with van der Waals surface area (Å²) < 4.78 is 53.5. The van der Waals surface area contributed by atoms with Crippen LogP contribution in [-0.4, -0.2) is 36.6 Å². The molecule has 0 amide bonds. The van der Waals surface area contributed by atoms with Gasteiger partial charge >= 0.3 is 5.97 Å². The van der Waals surface area contributed by atoms with Crippen molar-refractivity contribution >= 4 is 32.7 Å². The summed E-state index contributed by atoms with van der Waals surface area (Å²) in [5.41, 5.74) is 3.50. The zero-order valence-electron chi connectivity index (χ0n) is 22.1. The fourth-order valence-corrected chi connectivity index (χ4v) is 4.69. The summed E-state index contributed by atoms with van der Waals surface area (Å²) in [5.74, 6) is -0.732. The number of carbonyl (C=O) groups is 1. The Hall–Kier alpha value is -4.49. The number of nitrogens with zero attached hydrogens (tertiary/aromatic N) is 2. The van der Waals surface area contributed by atoms with E-state index in [0.717, 1.165) is 10.9 Å². The summed E-state index contributed by atoms with van der Waals surface area (Å²) in [6.07, 6.45) is 1.28.